The van der Waals surface area contributed by atoms with Crippen LogP contribution < -0.4 is 11.4 Å². The van der Waals surface area contributed by atoms with E-state index >= 15 is 0 Å². The van der Waals surface area contributed by atoms with Crippen LogP contribution in [0.1, 0.15) is 37.4 Å². The summed E-state index contributed by atoms with van der Waals surface area (Å²) in [6.07, 6.45) is 6.51. The Bertz CT molecular complexity index is 1330. The van der Waals surface area contributed by atoms with Crippen molar-refractivity contribution in [2.75, 3.05) is 0 Å². The minimum atomic E-state index is -0.314. The Kier molecular flexibility index (Phi) is 4.62. The fourth-order valence-electron chi connectivity index (χ4n) is 4.23. The number of hydrogen-bond acceptors (Lipinski definition) is 3. The first-order chi connectivity index (χ1) is 14.5. The predicted octanol–water partition coefficient (Wildman–Crippen LogP) is 3.45. The summed E-state index contributed by atoms with van der Waals surface area (Å²) in [7, 11) is 0. The molecule has 154 valence electrons. The van der Waals surface area contributed by atoms with Gasteiger partial charge in [-0.15, -0.1) is 0 Å². The Hall–Kier alpha value is -3.06. The lowest BCUT2D eigenvalue weighted by Crippen LogP contribution is -2.25. The standard InChI is InChI=1S/C22H22ClN5O2/c23-15-3-6-18-14(10-15)11-17(26(18)9-1-2-21(24)29)13-27-20-12-25-8-7-19(20)28(22(27)30)16-4-5-16/h3,6-8,10-12,16H,1-2,4-5,9,13H2,(H2,24,29). The van der Waals surface area contributed by atoms with Crippen molar-refractivity contribution in [2.45, 2.75) is 44.8 Å². The van der Waals surface area contributed by atoms with E-state index in [1.807, 2.05) is 28.8 Å². The van der Waals surface area contributed by atoms with Gasteiger partial charge in [0.05, 0.1) is 23.8 Å². The molecule has 5 rings (SSSR count). The molecule has 1 fully saturated rings. The summed E-state index contributed by atoms with van der Waals surface area (Å²) < 4.78 is 5.84. The third-order valence-electron chi connectivity index (χ3n) is 5.75. The molecule has 0 bridgehead atoms. The van der Waals surface area contributed by atoms with Gasteiger partial charge in [-0.2, -0.15) is 0 Å². The fraction of sp³-hybridized carbons (Fsp3) is 0.318. The summed E-state index contributed by atoms with van der Waals surface area (Å²) in [6.45, 7) is 1.06. The van der Waals surface area contributed by atoms with Crippen LogP contribution in [0.2, 0.25) is 5.02 Å². The maximum atomic E-state index is 13.3. The van der Waals surface area contributed by atoms with E-state index in [0.29, 0.717) is 31.0 Å². The minimum Gasteiger partial charge on any atom is -0.370 e. The first-order valence-electron chi connectivity index (χ1n) is 10.1. The number of benzene rings is 1. The van der Waals surface area contributed by atoms with Crippen molar-refractivity contribution in [1.82, 2.24) is 18.7 Å². The molecule has 1 aliphatic carbocycles. The number of amides is 1. The molecular formula is C22H22ClN5O2. The zero-order valence-electron chi connectivity index (χ0n) is 16.4. The van der Waals surface area contributed by atoms with Gasteiger partial charge in [0.1, 0.15) is 0 Å². The molecule has 0 atom stereocenters. The van der Waals surface area contributed by atoms with Crippen molar-refractivity contribution in [3.8, 4) is 0 Å². The summed E-state index contributed by atoms with van der Waals surface area (Å²) in [5.41, 5.74) is 9.09. The Morgan fingerprint density at radius 3 is 2.73 bits per heavy atom. The number of rotatable bonds is 7. The van der Waals surface area contributed by atoms with E-state index < -0.39 is 0 Å². The number of aryl methyl sites for hydroxylation is 1. The number of carbonyl (C=O) groups is 1. The lowest BCUT2D eigenvalue weighted by Gasteiger charge is -2.11. The maximum Gasteiger partial charge on any atom is 0.329 e. The second-order valence-corrected chi connectivity index (χ2v) is 8.33. The molecule has 3 aromatic heterocycles. The first kappa shape index (κ1) is 18.9. The van der Waals surface area contributed by atoms with E-state index in [2.05, 4.69) is 15.6 Å². The van der Waals surface area contributed by atoms with E-state index in [1.54, 1.807) is 17.0 Å². The van der Waals surface area contributed by atoms with Gasteiger partial charge in [-0.3, -0.25) is 18.9 Å². The minimum absolute atomic E-state index is 0.00697. The van der Waals surface area contributed by atoms with Gasteiger partial charge in [0.25, 0.3) is 0 Å². The fourth-order valence-corrected chi connectivity index (χ4v) is 4.41. The van der Waals surface area contributed by atoms with Crippen molar-refractivity contribution in [1.29, 1.82) is 0 Å². The number of carbonyl (C=O) groups excluding carboxylic acids is 1. The monoisotopic (exact) mass is 423 g/mol. The third-order valence-corrected chi connectivity index (χ3v) is 5.99. The highest BCUT2D eigenvalue weighted by molar-refractivity contribution is 6.31. The molecule has 30 heavy (non-hydrogen) atoms. The van der Waals surface area contributed by atoms with E-state index in [0.717, 1.165) is 40.5 Å². The molecular weight excluding hydrogens is 402 g/mol. The normalized spacial score (nSPS) is 14.0. The van der Waals surface area contributed by atoms with Gasteiger partial charge >= 0.3 is 5.69 Å². The van der Waals surface area contributed by atoms with Gasteiger partial charge in [0.15, 0.2) is 0 Å². The average molecular weight is 424 g/mol. The topological polar surface area (TPSA) is 87.8 Å². The predicted molar refractivity (Wildman–Crippen MR) is 117 cm³/mol. The molecule has 2 N–H and O–H groups in total. The number of halogens is 1. The maximum absolute atomic E-state index is 13.3. The van der Waals surface area contributed by atoms with Crippen LogP contribution in [0.4, 0.5) is 0 Å². The van der Waals surface area contributed by atoms with Gasteiger partial charge in [-0.1, -0.05) is 11.6 Å². The van der Waals surface area contributed by atoms with Crippen LogP contribution in [-0.2, 0) is 17.9 Å². The summed E-state index contributed by atoms with van der Waals surface area (Å²) in [5, 5.41) is 1.67. The van der Waals surface area contributed by atoms with Crippen LogP contribution in [0.15, 0.2) is 47.5 Å². The number of hydrogen-bond donors (Lipinski definition) is 1. The molecule has 8 heteroatoms. The summed E-state index contributed by atoms with van der Waals surface area (Å²) in [6, 6.07) is 10.0. The van der Waals surface area contributed by atoms with Gasteiger partial charge in [0.2, 0.25) is 5.91 Å². The lowest BCUT2D eigenvalue weighted by atomic mass is 10.2. The molecule has 1 saturated carbocycles. The van der Waals surface area contributed by atoms with E-state index in [1.165, 1.54) is 0 Å². The average Bonchev–Trinajstić information content (AvgIpc) is 3.44. The van der Waals surface area contributed by atoms with Crippen molar-refractivity contribution in [3.63, 3.8) is 0 Å². The van der Waals surface area contributed by atoms with E-state index in [-0.39, 0.29) is 17.6 Å². The first-order valence-corrected chi connectivity index (χ1v) is 10.5. The molecule has 1 aliphatic rings. The number of fused-ring (bicyclic) bond motifs is 2. The quantitative estimate of drug-likeness (QED) is 0.493. The van der Waals surface area contributed by atoms with Crippen molar-refractivity contribution in [2.24, 2.45) is 5.73 Å². The van der Waals surface area contributed by atoms with Gasteiger partial charge in [0, 0.05) is 46.8 Å². The van der Waals surface area contributed by atoms with Crippen molar-refractivity contribution >= 4 is 39.4 Å². The zero-order chi connectivity index (χ0) is 20.8. The summed E-state index contributed by atoms with van der Waals surface area (Å²) in [5.74, 6) is -0.314. The van der Waals surface area contributed by atoms with Gasteiger partial charge in [-0.05, 0) is 49.6 Å². The highest BCUT2D eigenvalue weighted by Gasteiger charge is 2.29. The SMILES string of the molecule is NC(=O)CCCn1c(Cn2c(=O)n(C3CC3)c3ccncc32)cc2cc(Cl)ccc21. The summed E-state index contributed by atoms with van der Waals surface area (Å²) in [4.78, 5) is 28.7. The molecule has 4 aromatic rings. The van der Waals surface area contributed by atoms with Crippen LogP contribution in [0.3, 0.4) is 0 Å². The van der Waals surface area contributed by atoms with Crippen LogP contribution in [0.25, 0.3) is 21.9 Å². The largest absolute Gasteiger partial charge is 0.370 e. The smallest absolute Gasteiger partial charge is 0.329 e. The number of pyridine rings is 1. The van der Waals surface area contributed by atoms with Gasteiger partial charge in [-0.25, -0.2) is 4.79 Å². The summed E-state index contributed by atoms with van der Waals surface area (Å²) >= 11 is 6.20. The number of nitrogens with zero attached hydrogens (tertiary/aromatic N) is 4. The molecule has 0 spiro atoms. The molecule has 7 nitrogen and oxygen atoms in total. The van der Waals surface area contributed by atoms with Crippen LogP contribution in [-0.4, -0.2) is 24.6 Å². The van der Waals surface area contributed by atoms with Crippen molar-refractivity contribution in [3.05, 3.63) is 63.9 Å². The van der Waals surface area contributed by atoms with Crippen LogP contribution in [0, 0.1) is 0 Å². The molecule has 1 amide bonds. The Balaban J connectivity index is 1.61. The van der Waals surface area contributed by atoms with Gasteiger partial charge < -0.3 is 10.3 Å². The Morgan fingerprint density at radius 2 is 1.97 bits per heavy atom. The molecule has 0 aliphatic heterocycles. The number of imidazole rings is 1. The number of aromatic nitrogens is 4. The molecule has 0 unspecified atom stereocenters. The lowest BCUT2D eigenvalue weighted by molar-refractivity contribution is -0.118. The number of primary amides is 1. The molecule has 3 heterocycles. The van der Waals surface area contributed by atoms with Crippen molar-refractivity contribution < 1.29 is 4.79 Å². The highest BCUT2D eigenvalue weighted by Crippen LogP contribution is 2.36. The Morgan fingerprint density at radius 1 is 1.13 bits per heavy atom. The van der Waals surface area contributed by atoms with Crippen LogP contribution >= 0.6 is 11.6 Å². The molecule has 0 saturated heterocycles. The zero-order valence-corrected chi connectivity index (χ0v) is 17.2. The Labute approximate surface area is 177 Å². The number of nitrogens with two attached hydrogens (primary N) is 1. The second-order valence-electron chi connectivity index (χ2n) is 7.89. The second kappa shape index (κ2) is 7.32. The molecule has 0 radical (unpaired) electrons. The van der Waals surface area contributed by atoms with E-state index in [9.17, 15) is 9.59 Å². The highest BCUT2D eigenvalue weighted by atomic mass is 35.5. The van der Waals surface area contributed by atoms with E-state index in [4.69, 9.17) is 17.3 Å². The third kappa shape index (κ3) is 3.29. The molecule has 1 aromatic carbocycles. The van der Waals surface area contributed by atoms with Crippen LogP contribution in [0.5, 0.6) is 0 Å².